The van der Waals surface area contributed by atoms with E-state index in [9.17, 15) is 9.59 Å². The summed E-state index contributed by atoms with van der Waals surface area (Å²) in [7, 11) is 0. The number of carbonyl (C=O) groups is 2. The van der Waals surface area contributed by atoms with E-state index in [1.165, 1.54) is 16.8 Å². The quantitative estimate of drug-likeness (QED) is 0.693. The zero-order valence-corrected chi connectivity index (χ0v) is 20.6. The number of hydrogen-bond donors (Lipinski definition) is 2. The van der Waals surface area contributed by atoms with Gasteiger partial charge in [-0.05, 0) is 61.8 Å². The highest BCUT2D eigenvalue weighted by Crippen LogP contribution is 2.48. The Hall–Kier alpha value is -2.93. The Balaban J connectivity index is 1.10. The molecule has 7 nitrogen and oxygen atoms in total. The summed E-state index contributed by atoms with van der Waals surface area (Å²) >= 11 is 0. The number of hydrogen-bond acceptors (Lipinski definition) is 5. The Morgan fingerprint density at radius 3 is 2.69 bits per heavy atom. The monoisotopic (exact) mass is 471 g/mol. The summed E-state index contributed by atoms with van der Waals surface area (Å²) in [6.07, 6.45) is 9.14. The van der Waals surface area contributed by atoms with Crippen LogP contribution in [0.15, 0.2) is 41.0 Å². The Kier molecular flexibility index (Phi) is 4.45. The molecule has 0 bridgehead atoms. The maximum absolute atomic E-state index is 13.4. The maximum Gasteiger partial charge on any atom is 0.256 e. The minimum absolute atomic E-state index is 0.117. The number of nitrogens with one attached hydrogen (secondary N) is 2. The molecule has 3 heterocycles. The number of rotatable bonds is 5. The Labute approximate surface area is 206 Å². The summed E-state index contributed by atoms with van der Waals surface area (Å²) in [5.74, 6) is 2.12. The molecular formula is C28H33N5O2. The molecule has 3 aliphatic carbocycles. The molecule has 182 valence electrons. The minimum Gasteiger partial charge on any atom is -0.341 e. The highest BCUT2D eigenvalue weighted by atomic mass is 16.2. The molecule has 2 N–H and O–H groups in total. The molecule has 3 aliphatic heterocycles. The first-order chi connectivity index (χ1) is 16.9. The zero-order chi connectivity index (χ0) is 23.9. The van der Waals surface area contributed by atoms with Crippen molar-refractivity contribution in [1.29, 1.82) is 0 Å². The molecule has 1 aromatic rings. The van der Waals surface area contributed by atoms with E-state index in [0.717, 1.165) is 68.7 Å². The summed E-state index contributed by atoms with van der Waals surface area (Å²) in [5.41, 5.74) is 11.9. The van der Waals surface area contributed by atoms with Gasteiger partial charge in [-0.15, -0.1) is 0 Å². The summed E-state index contributed by atoms with van der Waals surface area (Å²) in [6, 6.07) is 6.59. The number of carbonyl (C=O) groups excluding carboxylic acids is 2. The van der Waals surface area contributed by atoms with Gasteiger partial charge in [0, 0.05) is 54.7 Å². The van der Waals surface area contributed by atoms with Crippen molar-refractivity contribution in [2.75, 3.05) is 26.2 Å². The number of likely N-dealkylation sites (tertiary alicyclic amines) is 1. The van der Waals surface area contributed by atoms with Crippen LogP contribution in [0.5, 0.6) is 0 Å². The Morgan fingerprint density at radius 2 is 1.97 bits per heavy atom. The molecule has 6 aliphatic rings. The molecule has 2 amide bonds. The SMILES string of the molecule is Cc1cc(C2=CC=C3NNCC3C2)ccc1C1=NC2(CC2)C(=O)N1CC1CN(C(=O)C2(C)CC2)C1. The number of amidine groups is 1. The molecule has 4 fully saturated rings. The molecule has 35 heavy (non-hydrogen) atoms. The van der Waals surface area contributed by atoms with E-state index < -0.39 is 5.54 Å². The smallest absolute Gasteiger partial charge is 0.256 e. The lowest BCUT2D eigenvalue weighted by Crippen LogP contribution is -2.56. The molecule has 1 atom stereocenters. The summed E-state index contributed by atoms with van der Waals surface area (Å²) in [4.78, 5) is 34.9. The van der Waals surface area contributed by atoms with Crippen LogP contribution in [0, 0.1) is 24.2 Å². The zero-order valence-electron chi connectivity index (χ0n) is 20.6. The fourth-order valence-corrected chi connectivity index (χ4v) is 6.07. The van der Waals surface area contributed by atoms with Gasteiger partial charge in [0.25, 0.3) is 5.91 Å². The lowest BCUT2D eigenvalue weighted by Gasteiger charge is -2.42. The summed E-state index contributed by atoms with van der Waals surface area (Å²) in [5, 5.41) is 0. The summed E-state index contributed by atoms with van der Waals surface area (Å²) < 4.78 is 0. The third kappa shape index (κ3) is 3.39. The topological polar surface area (TPSA) is 77.0 Å². The average molecular weight is 472 g/mol. The van der Waals surface area contributed by atoms with Crippen molar-refractivity contribution in [3.8, 4) is 0 Å². The first-order valence-corrected chi connectivity index (χ1v) is 13.1. The van der Waals surface area contributed by atoms with Crippen molar-refractivity contribution in [3.05, 3.63) is 52.7 Å². The fourth-order valence-electron chi connectivity index (χ4n) is 6.07. The second-order valence-corrected chi connectivity index (χ2v) is 11.8. The van der Waals surface area contributed by atoms with Gasteiger partial charge in [-0.1, -0.05) is 31.2 Å². The molecule has 7 rings (SSSR count). The highest BCUT2D eigenvalue weighted by molar-refractivity contribution is 6.17. The van der Waals surface area contributed by atoms with Gasteiger partial charge >= 0.3 is 0 Å². The third-order valence-corrected chi connectivity index (χ3v) is 8.93. The maximum atomic E-state index is 13.4. The Bertz CT molecular complexity index is 1230. The lowest BCUT2D eigenvalue weighted by molar-refractivity contribution is -0.143. The largest absolute Gasteiger partial charge is 0.341 e. The number of allylic oxidation sites excluding steroid dienone is 3. The van der Waals surface area contributed by atoms with Gasteiger partial charge in [-0.25, -0.2) is 5.43 Å². The van der Waals surface area contributed by atoms with Crippen LogP contribution in [0.1, 0.15) is 55.7 Å². The van der Waals surface area contributed by atoms with Crippen LogP contribution in [0.3, 0.4) is 0 Å². The number of aliphatic imine (C=N–C) groups is 1. The number of hydrazine groups is 1. The van der Waals surface area contributed by atoms with E-state index in [2.05, 4.69) is 55.1 Å². The van der Waals surface area contributed by atoms with Crippen LogP contribution in [0.25, 0.3) is 5.57 Å². The molecule has 0 radical (unpaired) electrons. The van der Waals surface area contributed by atoms with Crippen LogP contribution in [-0.2, 0) is 9.59 Å². The second kappa shape index (κ2) is 7.29. The predicted octanol–water partition coefficient (Wildman–Crippen LogP) is 2.77. The molecule has 2 saturated carbocycles. The standard InChI is InChI=1S/C28H33N5O2/c1-17-11-19(20-4-6-23-21(12-20)13-29-31-23)3-5-22(17)24-30-28(9-10-28)26(35)33(24)16-18-14-32(15-18)25(34)27(2)7-8-27/h3-6,11,18,21,29,31H,7-10,12-16H2,1-2H3. The van der Waals surface area contributed by atoms with E-state index in [0.29, 0.717) is 24.3 Å². The fraction of sp³-hybridized carbons (Fsp3) is 0.536. The highest BCUT2D eigenvalue weighted by Gasteiger charge is 2.58. The van der Waals surface area contributed by atoms with Crippen LogP contribution >= 0.6 is 0 Å². The van der Waals surface area contributed by atoms with Gasteiger partial charge in [0.15, 0.2) is 0 Å². The van der Waals surface area contributed by atoms with E-state index in [1.807, 2.05) is 9.80 Å². The molecule has 7 heteroatoms. The lowest BCUT2D eigenvalue weighted by atomic mass is 9.87. The second-order valence-electron chi connectivity index (χ2n) is 11.8. The number of fused-ring (bicyclic) bond motifs is 1. The number of nitrogens with zero attached hydrogens (tertiary/aromatic N) is 3. The van der Waals surface area contributed by atoms with Crippen molar-refractivity contribution >= 4 is 23.2 Å². The van der Waals surface area contributed by atoms with E-state index in [4.69, 9.17) is 4.99 Å². The molecule has 0 aromatic heterocycles. The van der Waals surface area contributed by atoms with Crippen LogP contribution in [-0.4, -0.2) is 59.2 Å². The first kappa shape index (κ1) is 21.4. The molecule has 1 aromatic carbocycles. The van der Waals surface area contributed by atoms with Crippen molar-refractivity contribution in [1.82, 2.24) is 20.7 Å². The number of benzene rings is 1. The Morgan fingerprint density at radius 1 is 1.17 bits per heavy atom. The van der Waals surface area contributed by atoms with E-state index >= 15 is 0 Å². The molecular weight excluding hydrogens is 438 g/mol. The van der Waals surface area contributed by atoms with Gasteiger partial charge in [0.1, 0.15) is 11.4 Å². The van der Waals surface area contributed by atoms with E-state index in [1.54, 1.807) is 0 Å². The van der Waals surface area contributed by atoms with Gasteiger partial charge < -0.3 is 10.3 Å². The van der Waals surface area contributed by atoms with Crippen LogP contribution in [0.4, 0.5) is 0 Å². The van der Waals surface area contributed by atoms with Gasteiger partial charge in [0.05, 0.1) is 0 Å². The summed E-state index contributed by atoms with van der Waals surface area (Å²) in [6.45, 7) is 7.32. The number of aryl methyl sites for hydroxylation is 1. The van der Waals surface area contributed by atoms with Crippen LogP contribution < -0.4 is 10.9 Å². The molecule has 1 unspecified atom stereocenters. The van der Waals surface area contributed by atoms with Crippen molar-refractivity contribution in [2.24, 2.45) is 22.2 Å². The molecule has 2 saturated heterocycles. The average Bonchev–Trinajstić information content (AvgIpc) is 3.70. The van der Waals surface area contributed by atoms with Gasteiger partial charge in [-0.3, -0.25) is 19.5 Å². The normalized spacial score (nSPS) is 27.7. The molecule has 1 spiro atoms. The minimum atomic E-state index is -0.517. The van der Waals surface area contributed by atoms with Crippen LogP contribution in [0.2, 0.25) is 0 Å². The van der Waals surface area contributed by atoms with Gasteiger partial charge in [-0.2, -0.15) is 0 Å². The third-order valence-electron chi connectivity index (χ3n) is 8.93. The van der Waals surface area contributed by atoms with E-state index in [-0.39, 0.29) is 11.3 Å². The first-order valence-electron chi connectivity index (χ1n) is 13.1. The van der Waals surface area contributed by atoms with Gasteiger partial charge in [0.2, 0.25) is 5.91 Å². The van der Waals surface area contributed by atoms with Crippen molar-refractivity contribution < 1.29 is 9.59 Å². The number of amides is 2. The predicted molar refractivity (Wildman–Crippen MR) is 134 cm³/mol. The van der Waals surface area contributed by atoms with Crippen molar-refractivity contribution in [2.45, 2.75) is 51.5 Å². The van der Waals surface area contributed by atoms with Crippen molar-refractivity contribution in [3.63, 3.8) is 0 Å².